The number of rotatable bonds is 8. The van der Waals surface area contributed by atoms with E-state index < -0.39 is 6.43 Å². The molecule has 0 amide bonds. The molecule has 0 spiro atoms. The lowest BCUT2D eigenvalue weighted by atomic mass is 9.93. The Bertz CT molecular complexity index is 964. The average molecular weight is 417 g/mol. The maximum Gasteiger partial charge on any atom is 0.280 e. The number of aromatic nitrogens is 4. The van der Waals surface area contributed by atoms with Gasteiger partial charge in [0.05, 0.1) is 12.3 Å². The van der Waals surface area contributed by atoms with Crippen molar-refractivity contribution in [3.63, 3.8) is 0 Å². The lowest BCUT2D eigenvalue weighted by Crippen LogP contribution is -2.34. The van der Waals surface area contributed by atoms with E-state index in [4.69, 9.17) is 9.47 Å². The van der Waals surface area contributed by atoms with Crippen LogP contribution in [0.5, 0.6) is 5.75 Å². The monoisotopic (exact) mass is 417 g/mol. The Hall–Kier alpha value is -2.65. The maximum atomic E-state index is 13.5. The predicted octanol–water partition coefficient (Wildman–Crippen LogP) is 3.47. The Morgan fingerprint density at radius 2 is 2.03 bits per heavy atom. The van der Waals surface area contributed by atoms with Crippen molar-refractivity contribution in [2.75, 3.05) is 33.4 Å². The van der Waals surface area contributed by atoms with Crippen LogP contribution in [0.1, 0.15) is 42.1 Å². The number of ether oxygens (including phenoxy) is 2. The second kappa shape index (κ2) is 9.44. The summed E-state index contributed by atoms with van der Waals surface area (Å²) in [4.78, 5) is 10.8. The molecule has 1 atom stereocenters. The van der Waals surface area contributed by atoms with Gasteiger partial charge in [-0.3, -0.25) is 4.90 Å². The molecule has 7 nitrogen and oxygen atoms in total. The van der Waals surface area contributed by atoms with Crippen LogP contribution in [0.3, 0.4) is 0 Å². The number of methoxy groups -OCH3 is 1. The molecule has 1 saturated heterocycles. The summed E-state index contributed by atoms with van der Waals surface area (Å²) in [5.41, 5.74) is 1.69. The first-order valence-corrected chi connectivity index (χ1v) is 10.1. The molecule has 1 aromatic carbocycles. The quantitative estimate of drug-likeness (QED) is 0.523. The summed E-state index contributed by atoms with van der Waals surface area (Å²) < 4.78 is 38.7. The number of halogens is 2. The predicted molar refractivity (Wildman–Crippen MR) is 107 cm³/mol. The van der Waals surface area contributed by atoms with Crippen molar-refractivity contribution in [3.05, 3.63) is 53.6 Å². The van der Waals surface area contributed by atoms with Crippen LogP contribution in [0, 0.1) is 0 Å². The lowest BCUT2D eigenvalue weighted by Gasteiger charge is -2.32. The Kier molecular flexibility index (Phi) is 6.49. The SMILES string of the molecule is COCCOc1ccc(CN2CCC[C@H](c3cc(C(F)F)n4ncnc4n3)C2)cc1. The molecule has 3 heterocycles. The molecule has 0 aliphatic carbocycles. The van der Waals surface area contributed by atoms with E-state index in [1.807, 2.05) is 12.1 Å². The van der Waals surface area contributed by atoms with Crippen LogP contribution in [0.15, 0.2) is 36.7 Å². The van der Waals surface area contributed by atoms with Gasteiger partial charge in [-0.1, -0.05) is 12.1 Å². The smallest absolute Gasteiger partial charge is 0.280 e. The van der Waals surface area contributed by atoms with Crippen molar-refractivity contribution in [1.29, 1.82) is 0 Å². The Balaban J connectivity index is 1.43. The van der Waals surface area contributed by atoms with E-state index in [0.717, 1.165) is 42.7 Å². The van der Waals surface area contributed by atoms with Crippen molar-refractivity contribution < 1.29 is 18.3 Å². The van der Waals surface area contributed by atoms with Crippen LogP contribution in [-0.4, -0.2) is 57.9 Å². The topological polar surface area (TPSA) is 64.8 Å². The molecule has 0 unspecified atom stereocenters. The number of fused-ring (bicyclic) bond motifs is 1. The molecule has 1 aliphatic rings. The normalized spacial score (nSPS) is 17.7. The molecular formula is C21H25F2N5O2. The molecule has 0 bridgehead atoms. The van der Waals surface area contributed by atoms with Crippen molar-refractivity contribution >= 4 is 5.78 Å². The van der Waals surface area contributed by atoms with Gasteiger partial charge in [-0.15, -0.1) is 0 Å². The highest BCUT2D eigenvalue weighted by molar-refractivity contribution is 5.32. The Morgan fingerprint density at radius 3 is 2.80 bits per heavy atom. The van der Waals surface area contributed by atoms with Crippen molar-refractivity contribution in [2.24, 2.45) is 0 Å². The van der Waals surface area contributed by atoms with Gasteiger partial charge in [0.15, 0.2) is 0 Å². The maximum absolute atomic E-state index is 13.5. The molecule has 0 saturated carbocycles. The zero-order chi connectivity index (χ0) is 20.9. The molecule has 2 aromatic heterocycles. The van der Waals surface area contributed by atoms with Crippen LogP contribution < -0.4 is 4.74 Å². The minimum absolute atomic E-state index is 0.0922. The first-order chi connectivity index (χ1) is 14.6. The largest absolute Gasteiger partial charge is 0.491 e. The third kappa shape index (κ3) is 4.73. The standard InChI is InChI=1S/C21H25F2N5O2/c1-29-9-10-30-17-6-4-15(5-7-17)12-27-8-2-3-16(13-27)18-11-19(20(22)23)28-21(26-18)24-14-25-28/h4-7,11,14,16,20H,2-3,8-10,12-13H2,1H3/t16-/m0/s1. The van der Waals surface area contributed by atoms with Crippen molar-refractivity contribution in [2.45, 2.75) is 31.7 Å². The number of nitrogens with zero attached hydrogens (tertiary/aromatic N) is 5. The molecule has 3 aromatic rings. The highest BCUT2D eigenvalue weighted by Gasteiger charge is 2.25. The molecule has 0 radical (unpaired) electrons. The summed E-state index contributed by atoms with van der Waals surface area (Å²) in [6.45, 7) is 3.61. The van der Waals surface area contributed by atoms with Crippen molar-refractivity contribution in [3.8, 4) is 5.75 Å². The minimum Gasteiger partial charge on any atom is -0.491 e. The van der Waals surface area contributed by atoms with Gasteiger partial charge >= 0.3 is 0 Å². The van der Waals surface area contributed by atoms with Crippen molar-refractivity contribution in [1.82, 2.24) is 24.5 Å². The summed E-state index contributed by atoms with van der Waals surface area (Å²) >= 11 is 0. The van der Waals surface area contributed by atoms with Gasteiger partial charge in [0.25, 0.3) is 12.2 Å². The number of likely N-dealkylation sites (tertiary alicyclic amines) is 1. The Labute approximate surface area is 173 Å². The van der Waals surface area contributed by atoms with Crippen LogP contribution in [0.25, 0.3) is 5.78 Å². The van der Waals surface area contributed by atoms with Gasteiger partial charge < -0.3 is 9.47 Å². The summed E-state index contributed by atoms with van der Waals surface area (Å²) in [5.74, 6) is 1.14. The highest BCUT2D eigenvalue weighted by Crippen LogP contribution is 2.29. The van der Waals surface area contributed by atoms with E-state index in [1.54, 1.807) is 7.11 Å². The zero-order valence-corrected chi connectivity index (χ0v) is 16.9. The van der Waals surface area contributed by atoms with E-state index in [0.29, 0.717) is 18.9 Å². The first-order valence-electron chi connectivity index (χ1n) is 10.1. The minimum atomic E-state index is -2.62. The van der Waals surface area contributed by atoms with Gasteiger partial charge in [0.2, 0.25) is 0 Å². The zero-order valence-electron chi connectivity index (χ0n) is 16.9. The molecule has 1 fully saturated rings. The van der Waals surface area contributed by atoms with E-state index in [-0.39, 0.29) is 17.4 Å². The fourth-order valence-corrected chi connectivity index (χ4v) is 3.85. The highest BCUT2D eigenvalue weighted by atomic mass is 19.3. The van der Waals surface area contributed by atoms with Crippen LogP contribution in [-0.2, 0) is 11.3 Å². The number of piperidine rings is 1. The molecule has 1 aliphatic heterocycles. The Morgan fingerprint density at radius 1 is 1.20 bits per heavy atom. The number of benzene rings is 1. The number of hydrogen-bond donors (Lipinski definition) is 0. The van der Waals surface area contributed by atoms with E-state index >= 15 is 0 Å². The fourth-order valence-electron chi connectivity index (χ4n) is 3.85. The third-order valence-electron chi connectivity index (χ3n) is 5.33. The van der Waals surface area contributed by atoms with E-state index in [2.05, 4.69) is 32.1 Å². The second-order valence-electron chi connectivity index (χ2n) is 7.44. The molecule has 4 rings (SSSR count). The van der Waals surface area contributed by atoms with Gasteiger partial charge in [-0.2, -0.15) is 14.6 Å². The van der Waals surface area contributed by atoms with E-state index in [1.165, 1.54) is 18.0 Å². The van der Waals surface area contributed by atoms with E-state index in [9.17, 15) is 8.78 Å². The summed E-state index contributed by atoms with van der Waals surface area (Å²) in [7, 11) is 1.65. The number of hydrogen-bond acceptors (Lipinski definition) is 6. The summed E-state index contributed by atoms with van der Waals surface area (Å²) in [6.07, 6.45) is 0.545. The lowest BCUT2D eigenvalue weighted by molar-refractivity contribution is 0.142. The summed E-state index contributed by atoms with van der Waals surface area (Å²) in [6, 6.07) is 9.51. The fraction of sp³-hybridized carbons (Fsp3) is 0.476. The molecule has 0 N–H and O–H groups in total. The second-order valence-corrected chi connectivity index (χ2v) is 7.44. The molecule has 160 valence electrons. The van der Waals surface area contributed by atoms with Gasteiger partial charge in [-0.05, 0) is 43.1 Å². The van der Waals surface area contributed by atoms with Crippen LogP contribution in [0.2, 0.25) is 0 Å². The third-order valence-corrected chi connectivity index (χ3v) is 5.33. The van der Waals surface area contributed by atoms with Gasteiger partial charge in [0.1, 0.15) is 24.4 Å². The number of alkyl halides is 2. The van der Waals surface area contributed by atoms with Crippen LogP contribution >= 0.6 is 0 Å². The average Bonchev–Trinajstić information content (AvgIpc) is 3.23. The van der Waals surface area contributed by atoms with Crippen LogP contribution in [0.4, 0.5) is 8.78 Å². The molecule has 9 heteroatoms. The first kappa shape index (κ1) is 20.6. The van der Waals surface area contributed by atoms with Gasteiger partial charge in [-0.25, -0.2) is 13.8 Å². The molecular weight excluding hydrogens is 392 g/mol. The van der Waals surface area contributed by atoms with Gasteiger partial charge in [0, 0.05) is 26.1 Å². The molecule has 30 heavy (non-hydrogen) atoms. The summed E-state index contributed by atoms with van der Waals surface area (Å²) in [5, 5.41) is 3.86.